The van der Waals surface area contributed by atoms with Crippen molar-refractivity contribution >= 4 is 11.8 Å². The lowest BCUT2D eigenvalue weighted by atomic mass is 9.84. The average molecular weight is 347 g/mol. The molecule has 0 radical (unpaired) electrons. The number of likely N-dealkylation sites (tertiary alicyclic amines) is 1. The fraction of sp³-hybridized carbons (Fsp3) is 0.684. The third-order valence-corrected chi connectivity index (χ3v) is 5.58. The summed E-state index contributed by atoms with van der Waals surface area (Å²) in [6.45, 7) is 5.65. The van der Waals surface area contributed by atoms with E-state index >= 15 is 0 Å². The lowest BCUT2D eigenvalue weighted by Crippen LogP contribution is -2.47. The first-order valence-corrected chi connectivity index (χ1v) is 9.46. The van der Waals surface area contributed by atoms with Crippen LogP contribution in [0.25, 0.3) is 0 Å². The summed E-state index contributed by atoms with van der Waals surface area (Å²) in [6.07, 6.45) is 6.07. The van der Waals surface area contributed by atoms with Crippen LogP contribution in [0.2, 0.25) is 0 Å². The summed E-state index contributed by atoms with van der Waals surface area (Å²) in [7, 11) is 0. The van der Waals surface area contributed by atoms with Gasteiger partial charge in [-0.15, -0.1) is 0 Å². The van der Waals surface area contributed by atoms with Crippen molar-refractivity contribution in [2.45, 2.75) is 45.1 Å². The van der Waals surface area contributed by atoms with E-state index in [1.165, 1.54) is 19.1 Å². The molecule has 2 N–H and O–H groups in total. The van der Waals surface area contributed by atoms with Crippen LogP contribution in [0.15, 0.2) is 22.8 Å². The van der Waals surface area contributed by atoms with Gasteiger partial charge in [0.05, 0.1) is 6.26 Å². The molecular formula is C19H29N3O3. The Morgan fingerprint density at radius 2 is 2.00 bits per heavy atom. The molecule has 2 aliphatic rings. The second kappa shape index (κ2) is 8.52. The Hall–Kier alpha value is -1.82. The van der Waals surface area contributed by atoms with Crippen molar-refractivity contribution in [3.8, 4) is 0 Å². The second-order valence-electron chi connectivity index (χ2n) is 7.38. The molecule has 3 rings (SSSR count). The third kappa shape index (κ3) is 4.84. The molecule has 6 nitrogen and oxygen atoms in total. The summed E-state index contributed by atoms with van der Waals surface area (Å²) < 4.78 is 5.18. The zero-order valence-corrected chi connectivity index (χ0v) is 15.0. The lowest BCUT2D eigenvalue weighted by molar-refractivity contribution is -0.123. The summed E-state index contributed by atoms with van der Waals surface area (Å²) in [6, 6.07) is 3.59. The van der Waals surface area contributed by atoms with Crippen LogP contribution in [0.1, 0.15) is 49.6 Å². The first-order valence-electron chi connectivity index (χ1n) is 9.46. The van der Waals surface area contributed by atoms with Gasteiger partial charge in [-0.05, 0) is 62.7 Å². The van der Waals surface area contributed by atoms with Crippen LogP contribution >= 0.6 is 0 Å². The van der Waals surface area contributed by atoms with Gasteiger partial charge in [-0.1, -0.05) is 6.92 Å². The van der Waals surface area contributed by atoms with Crippen LogP contribution < -0.4 is 10.6 Å². The zero-order valence-electron chi connectivity index (χ0n) is 15.0. The van der Waals surface area contributed by atoms with Gasteiger partial charge < -0.3 is 20.0 Å². The number of nitrogens with zero attached hydrogens (tertiary/aromatic N) is 1. The highest BCUT2D eigenvalue weighted by Crippen LogP contribution is 2.24. The van der Waals surface area contributed by atoms with E-state index in [4.69, 9.17) is 4.42 Å². The molecule has 2 aliphatic heterocycles. The summed E-state index contributed by atoms with van der Waals surface area (Å²) in [5.74, 6) is 1.57. The van der Waals surface area contributed by atoms with Crippen molar-refractivity contribution in [3.05, 3.63) is 24.2 Å². The van der Waals surface area contributed by atoms with Crippen LogP contribution in [-0.4, -0.2) is 48.9 Å². The molecule has 1 aromatic heterocycles. The predicted molar refractivity (Wildman–Crippen MR) is 95.2 cm³/mol. The molecule has 6 heteroatoms. The van der Waals surface area contributed by atoms with Crippen LogP contribution in [0.4, 0.5) is 0 Å². The maximum atomic E-state index is 12.3. The van der Waals surface area contributed by atoms with Crippen LogP contribution in [0.3, 0.4) is 0 Å². The van der Waals surface area contributed by atoms with Crippen molar-refractivity contribution < 1.29 is 14.0 Å². The van der Waals surface area contributed by atoms with E-state index in [0.717, 1.165) is 25.9 Å². The topological polar surface area (TPSA) is 74.6 Å². The molecule has 3 heterocycles. The number of piperidine rings is 2. The molecule has 1 unspecified atom stereocenters. The van der Waals surface area contributed by atoms with Gasteiger partial charge in [0, 0.05) is 25.6 Å². The largest absolute Gasteiger partial charge is 0.459 e. The van der Waals surface area contributed by atoms with Crippen molar-refractivity contribution in [2.24, 2.45) is 11.8 Å². The monoisotopic (exact) mass is 347 g/mol. The van der Waals surface area contributed by atoms with E-state index in [1.54, 1.807) is 17.0 Å². The van der Waals surface area contributed by atoms with E-state index in [-0.39, 0.29) is 17.9 Å². The molecule has 0 bridgehead atoms. The summed E-state index contributed by atoms with van der Waals surface area (Å²) >= 11 is 0. The highest BCUT2D eigenvalue weighted by atomic mass is 16.3. The minimum absolute atomic E-state index is 0.0608. The highest BCUT2D eigenvalue weighted by Gasteiger charge is 2.27. The first-order chi connectivity index (χ1) is 12.1. The SMILES string of the molecule is CC(CC(=O)NC1CCN(C(=O)c2ccco2)CC1)C1CCNCC1. The Morgan fingerprint density at radius 1 is 1.28 bits per heavy atom. The quantitative estimate of drug-likeness (QED) is 0.855. The van der Waals surface area contributed by atoms with Gasteiger partial charge in [-0.2, -0.15) is 0 Å². The van der Waals surface area contributed by atoms with Gasteiger partial charge in [0.25, 0.3) is 5.91 Å². The van der Waals surface area contributed by atoms with E-state index in [0.29, 0.717) is 37.1 Å². The minimum atomic E-state index is -0.0608. The zero-order chi connectivity index (χ0) is 17.6. The van der Waals surface area contributed by atoms with Gasteiger partial charge >= 0.3 is 0 Å². The molecular weight excluding hydrogens is 318 g/mol. The predicted octanol–water partition coefficient (Wildman–Crippen LogP) is 2.03. The number of amides is 2. The molecule has 0 saturated carbocycles. The molecule has 25 heavy (non-hydrogen) atoms. The summed E-state index contributed by atoms with van der Waals surface area (Å²) in [5, 5.41) is 6.54. The van der Waals surface area contributed by atoms with Gasteiger partial charge in [0.15, 0.2) is 5.76 Å². The van der Waals surface area contributed by atoms with Crippen molar-refractivity contribution in [1.29, 1.82) is 0 Å². The Labute approximate surface area is 149 Å². The average Bonchev–Trinajstić information content (AvgIpc) is 3.17. The molecule has 0 spiro atoms. The number of carbonyl (C=O) groups excluding carboxylic acids is 2. The fourth-order valence-corrected chi connectivity index (χ4v) is 3.94. The molecule has 0 aromatic carbocycles. The fourth-order valence-electron chi connectivity index (χ4n) is 3.94. The Balaban J connectivity index is 1.39. The number of carbonyl (C=O) groups is 2. The molecule has 2 fully saturated rings. The van der Waals surface area contributed by atoms with Crippen LogP contribution in [0.5, 0.6) is 0 Å². The van der Waals surface area contributed by atoms with E-state index in [2.05, 4.69) is 17.6 Å². The third-order valence-electron chi connectivity index (χ3n) is 5.58. The van der Waals surface area contributed by atoms with Crippen LogP contribution in [0, 0.1) is 11.8 Å². The summed E-state index contributed by atoms with van der Waals surface area (Å²) in [5.41, 5.74) is 0. The number of nitrogens with one attached hydrogen (secondary N) is 2. The van der Waals surface area contributed by atoms with E-state index in [1.807, 2.05) is 0 Å². The maximum absolute atomic E-state index is 12.3. The van der Waals surface area contributed by atoms with Crippen molar-refractivity contribution in [2.75, 3.05) is 26.2 Å². The van der Waals surface area contributed by atoms with E-state index in [9.17, 15) is 9.59 Å². The maximum Gasteiger partial charge on any atom is 0.289 e. The Bertz CT molecular complexity index is 558. The number of furan rings is 1. The Morgan fingerprint density at radius 3 is 2.64 bits per heavy atom. The Kier molecular flexibility index (Phi) is 6.13. The normalized spacial score (nSPS) is 21.1. The van der Waals surface area contributed by atoms with Gasteiger partial charge in [-0.25, -0.2) is 0 Å². The highest BCUT2D eigenvalue weighted by molar-refractivity contribution is 5.91. The van der Waals surface area contributed by atoms with Crippen molar-refractivity contribution in [3.63, 3.8) is 0 Å². The second-order valence-corrected chi connectivity index (χ2v) is 7.38. The molecule has 2 saturated heterocycles. The molecule has 138 valence electrons. The van der Waals surface area contributed by atoms with Gasteiger partial charge in [0.2, 0.25) is 5.91 Å². The van der Waals surface area contributed by atoms with Crippen LogP contribution in [-0.2, 0) is 4.79 Å². The number of hydrogen-bond donors (Lipinski definition) is 2. The summed E-state index contributed by atoms with van der Waals surface area (Å²) in [4.78, 5) is 26.4. The van der Waals surface area contributed by atoms with E-state index < -0.39 is 0 Å². The smallest absolute Gasteiger partial charge is 0.289 e. The van der Waals surface area contributed by atoms with Gasteiger partial charge in [-0.3, -0.25) is 9.59 Å². The standard InChI is InChI=1S/C19H29N3O3/c1-14(15-4-8-20-9-5-15)13-18(23)21-16-6-10-22(11-7-16)19(24)17-3-2-12-25-17/h2-3,12,14-16,20H,4-11,13H2,1H3,(H,21,23). The van der Waals surface area contributed by atoms with Crippen molar-refractivity contribution in [1.82, 2.24) is 15.5 Å². The number of hydrogen-bond acceptors (Lipinski definition) is 4. The molecule has 0 aliphatic carbocycles. The molecule has 2 amide bonds. The first kappa shape index (κ1) is 18.0. The molecule has 1 atom stereocenters. The number of rotatable bonds is 5. The lowest BCUT2D eigenvalue weighted by Gasteiger charge is -2.32. The molecule has 1 aromatic rings. The minimum Gasteiger partial charge on any atom is -0.459 e. The van der Waals surface area contributed by atoms with Gasteiger partial charge in [0.1, 0.15) is 0 Å².